The SMILES string of the molecule is CS(=O)(=O)c1ccc(NC(=O)CSc2ncnc3scc(-c4ccccc4)c23)cc1. The van der Waals surface area contributed by atoms with Crippen molar-refractivity contribution in [3.63, 3.8) is 0 Å². The van der Waals surface area contributed by atoms with Gasteiger partial charge in [0, 0.05) is 22.9 Å². The molecule has 4 aromatic rings. The van der Waals surface area contributed by atoms with E-state index in [-0.39, 0.29) is 16.6 Å². The van der Waals surface area contributed by atoms with Gasteiger partial charge in [-0.25, -0.2) is 18.4 Å². The maximum Gasteiger partial charge on any atom is 0.234 e. The van der Waals surface area contributed by atoms with Crippen molar-refractivity contribution in [3.8, 4) is 11.1 Å². The first-order chi connectivity index (χ1) is 14.4. The second-order valence-corrected chi connectivity index (χ2v) is 10.3. The number of rotatable bonds is 6. The first kappa shape index (κ1) is 20.5. The lowest BCUT2D eigenvalue weighted by Crippen LogP contribution is -2.14. The predicted molar refractivity (Wildman–Crippen MR) is 122 cm³/mol. The summed E-state index contributed by atoms with van der Waals surface area (Å²) in [6.45, 7) is 0. The minimum atomic E-state index is -3.27. The lowest BCUT2D eigenvalue weighted by molar-refractivity contribution is -0.113. The molecule has 2 heterocycles. The highest BCUT2D eigenvalue weighted by Gasteiger charge is 2.15. The van der Waals surface area contributed by atoms with Gasteiger partial charge in [-0.3, -0.25) is 4.79 Å². The monoisotopic (exact) mass is 455 g/mol. The summed E-state index contributed by atoms with van der Waals surface area (Å²) in [5.74, 6) is -0.0281. The quantitative estimate of drug-likeness (QED) is 0.340. The lowest BCUT2D eigenvalue weighted by Gasteiger charge is -2.07. The molecule has 4 rings (SSSR count). The van der Waals surface area contributed by atoms with Crippen LogP contribution in [0.5, 0.6) is 0 Å². The molecule has 6 nitrogen and oxygen atoms in total. The fraction of sp³-hybridized carbons (Fsp3) is 0.0952. The number of carbonyl (C=O) groups is 1. The molecule has 0 saturated heterocycles. The van der Waals surface area contributed by atoms with Gasteiger partial charge in [-0.15, -0.1) is 11.3 Å². The summed E-state index contributed by atoms with van der Waals surface area (Å²) in [7, 11) is -3.27. The first-order valence-corrected chi connectivity index (χ1v) is 12.7. The highest BCUT2D eigenvalue weighted by atomic mass is 32.2. The predicted octanol–water partition coefficient (Wildman–Crippen LogP) is 4.49. The number of amides is 1. The summed E-state index contributed by atoms with van der Waals surface area (Å²) in [6.07, 6.45) is 2.66. The Morgan fingerprint density at radius 2 is 1.80 bits per heavy atom. The second kappa shape index (κ2) is 8.55. The zero-order chi connectivity index (χ0) is 21.1. The van der Waals surface area contributed by atoms with Crippen LogP contribution in [0.4, 0.5) is 5.69 Å². The minimum Gasteiger partial charge on any atom is -0.325 e. The molecular weight excluding hydrogens is 438 g/mol. The molecule has 0 unspecified atom stereocenters. The zero-order valence-corrected chi connectivity index (χ0v) is 18.4. The molecule has 30 heavy (non-hydrogen) atoms. The van der Waals surface area contributed by atoms with Crippen LogP contribution in [0.2, 0.25) is 0 Å². The Labute approximate surface area is 182 Å². The molecule has 0 radical (unpaired) electrons. The summed E-state index contributed by atoms with van der Waals surface area (Å²) in [5, 5.41) is 6.54. The molecule has 2 aromatic heterocycles. The number of nitrogens with zero attached hydrogens (tertiary/aromatic N) is 2. The first-order valence-electron chi connectivity index (χ1n) is 8.92. The summed E-state index contributed by atoms with van der Waals surface area (Å²) in [4.78, 5) is 22.2. The molecule has 0 bridgehead atoms. The molecule has 1 N–H and O–H groups in total. The van der Waals surface area contributed by atoms with Gasteiger partial charge < -0.3 is 5.32 Å². The number of anilines is 1. The van der Waals surface area contributed by atoms with Crippen LogP contribution in [0.15, 0.2) is 76.2 Å². The van der Waals surface area contributed by atoms with Crippen LogP contribution in [0.3, 0.4) is 0 Å². The number of benzene rings is 2. The van der Waals surface area contributed by atoms with Crippen LogP contribution in [-0.4, -0.2) is 36.3 Å². The smallest absolute Gasteiger partial charge is 0.234 e. The summed E-state index contributed by atoms with van der Waals surface area (Å²) >= 11 is 2.89. The van der Waals surface area contributed by atoms with E-state index < -0.39 is 9.84 Å². The fourth-order valence-electron chi connectivity index (χ4n) is 2.90. The van der Waals surface area contributed by atoms with Gasteiger partial charge in [-0.2, -0.15) is 0 Å². The van der Waals surface area contributed by atoms with Crippen molar-refractivity contribution in [3.05, 3.63) is 66.3 Å². The summed E-state index contributed by atoms with van der Waals surface area (Å²) in [6, 6.07) is 16.1. The van der Waals surface area contributed by atoms with Gasteiger partial charge in [0.1, 0.15) is 16.2 Å². The van der Waals surface area contributed by atoms with E-state index in [4.69, 9.17) is 0 Å². The number of thiophene rings is 1. The highest BCUT2D eigenvalue weighted by Crippen LogP contribution is 2.37. The lowest BCUT2D eigenvalue weighted by atomic mass is 10.1. The Balaban J connectivity index is 1.50. The molecule has 0 saturated carbocycles. The molecule has 2 aromatic carbocycles. The van der Waals surface area contributed by atoms with Gasteiger partial charge in [0.2, 0.25) is 5.91 Å². The van der Waals surface area contributed by atoms with E-state index in [1.165, 1.54) is 30.2 Å². The number of fused-ring (bicyclic) bond motifs is 1. The third-order valence-corrected chi connectivity index (χ3v) is 7.33. The molecule has 152 valence electrons. The van der Waals surface area contributed by atoms with E-state index in [2.05, 4.69) is 20.7 Å². The Bertz CT molecular complexity index is 1300. The van der Waals surface area contributed by atoms with Crippen LogP contribution in [-0.2, 0) is 14.6 Å². The Morgan fingerprint density at radius 1 is 1.07 bits per heavy atom. The second-order valence-electron chi connectivity index (χ2n) is 6.51. The standard InChI is InChI=1S/C21H17N3O3S3/c1-30(26,27)16-9-7-15(8-10-16)24-18(25)12-29-21-19-17(14-5-3-2-4-6-14)11-28-20(19)22-13-23-21/h2-11,13H,12H2,1H3,(H,24,25). The number of nitrogens with one attached hydrogen (secondary N) is 1. The third kappa shape index (κ3) is 4.53. The van der Waals surface area contributed by atoms with Crippen molar-refractivity contribution in [1.82, 2.24) is 9.97 Å². The maximum atomic E-state index is 12.4. The van der Waals surface area contributed by atoms with Crippen LogP contribution in [0.1, 0.15) is 0 Å². The molecular formula is C21H17N3O3S3. The molecule has 0 fully saturated rings. The van der Waals surface area contributed by atoms with Gasteiger partial charge >= 0.3 is 0 Å². The van der Waals surface area contributed by atoms with Crippen molar-refractivity contribution in [2.45, 2.75) is 9.92 Å². The largest absolute Gasteiger partial charge is 0.325 e. The van der Waals surface area contributed by atoms with E-state index in [9.17, 15) is 13.2 Å². The Hall–Kier alpha value is -2.75. The van der Waals surface area contributed by atoms with Crippen molar-refractivity contribution in [2.75, 3.05) is 17.3 Å². The van der Waals surface area contributed by atoms with E-state index in [1.54, 1.807) is 23.5 Å². The van der Waals surface area contributed by atoms with Crippen LogP contribution in [0.25, 0.3) is 21.3 Å². The van der Waals surface area contributed by atoms with Gasteiger partial charge in [0.25, 0.3) is 0 Å². The van der Waals surface area contributed by atoms with Crippen molar-refractivity contribution < 1.29 is 13.2 Å². The van der Waals surface area contributed by atoms with Crippen molar-refractivity contribution in [2.24, 2.45) is 0 Å². The van der Waals surface area contributed by atoms with Gasteiger partial charge in [-0.05, 0) is 29.8 Å². The number of carbonyl (C=O) groups excluding carboxylic acids is 1. The van der Waals surface area contributed by atoms with Gasteiger partial charge in [-0.1, -0.05) is 42.1 Å². The fourth-order valence-corrected chi connectivity index (χ4v) is 5.33. The molecule has 0 aliphatic rings. The topological polar surface area (TPSA) is 89.0 Å². The minimum absolute atomic E-state index is 0.171. The molecule has 0 aliphatic carbocycles. The van der Waals surface area contributed by atoms with Crippen molar-refractivity contribution >= 4 is 54.7 Å². The average molecular weight is 456 g/mol. The highest BCUT2D eigenvalue weighted by molar-refractivity contribution is 8.00. The van der Waals surface area contributed by atoms with Crippen molar-refractivity contribution in [1.29, 1.82) is 0 Å². The number of hydrogen-bond donors (Lipinski definition) is 1. The molecule has 9 heteroatoms. The van der Waals surface area contributed by atoms with Crippen LogP contribution < -0.4 is 5.32 Å². The van der Waals surface area contributed by atoms with Gasteiger partial charge in [0.15, 0.2) is 9.84 Å². The summed E-state index contributed by atoms with van der Waals surface area (Å²) < 4.78 is 23.1. The van der Waals surface area contributed by atoms with Gasteiger partial charge in [0.05, 0.1) is 16.0 Å². The Morgan fingerprint density at radius 3 is 2.50 bits per heavy atom. The molecule has 0 spiro atoms. The summed E-state index contributed by atoms with van der Waals surface area (Å²) in [5.41, 5.74) is 2.67. The normalized spacial score (nSPS) is 11.5. The average Bonchev–Trinajstić information content (AvgIpc) is 3.17. The number of sulfone groups is 1. The van der Waals surface area contributed by atoms with E-state index in [0.717, 1.165) is 32.6 Å². The van der Waals surface area contributed by atoms with E-state index in [0.29, 0.717) is 5.69 Å². The third-order valence-electron chi connectivity index (χ3n) is 4.33. The van der Waals surface area contributed by atoms with E-state index >= 15 is 0 Å². The number of thioether (sulfide) groups is 1. The van der Waals surface area contributed by atoms with E-state index in [1.807, 2.05) is 30.3 Å². The van der Waals surface area contributed by atoms with Crippen LogP contribution in [0, 0.1) is 0 Å². The van der Waals surface area contributed by atoms with Crippen LogP contribution >= 0.6 is 23.1 Å². The zero-order valence-electron chi connectivity index (χ0n) is 15.9. The molecule has 1 amide bonds. The molecule has 0 aliphatic heterocycles. The molecule has 0 atom stereocenters. The number of aromatic nitrogens is 2. The number of hydrogen-bond acceptors (Lipinski definition) is 7. The Kier molecular flexibility index (Phi) is 5.85. The maximum absolute atomic E-state index is 12.4.